The monoisotopic (exact) mass is 445 g/mol. The topological polar surface area (TPSA) is 83.0 Å². The van der Waals surface area contributed by atoms with Crippen molar-refractivity contribution in [2.45, 2.75) is 26.3 Å². The maximum absolute atomic E-state index is 12.3. The van der Waals surface area contributed by atoms with Crippen LogP contribution in [0.15, 0.2) is 52.6 Å². The van der Waals surface area contributed by atoms with Crippen LogP contribution in [0, 0.1) is 0 Å². The Morgan fingerprint density at radius 3 is 2.68 bits per heavy atom. The van der Waals surface area contributed by atoms with Gasteiger partial charge in [0.2, 0.25) is 0 Å². The molecule has 3 N–H and O–H groups in total. The van der Waals surface area contributed by atoms with Crippen molar-refractivity contribution < 1.29 is 14.6 Å². The minimum Gasteiger partial charge on any atom is -0.503 e. The summed E-state index contributed by atoms with van der Waals surface area (Å²) in [5, 5.41) is 16.7. The highest BCUT2D eigenvalue weighted by atomic mass is 79.9. The van der Waals surface area contributed by atoms with Crippen molar-refractivity contribution in [2.75, 3.05) is 7.11 Å². The summed E-state index contributed by atoms with van der Waals surface area (Å²) < 4.78 is 5.56. The van der Waals surface area contributed by atoms with E-state index < -0.39 is 11.6 Å². The fourth-order valence-corrected chi connectivity index (χ4v) is 3.01. The third-order valence-corrected chi connectivity index (χ3v) is 4.76. The molecule has 0 saturated carbocycles. The quantitative estimate of drug-likeness (QED) is 0.442. The van der Waals surface area contributed by atoms with Crippen LogP contribution in [0.2, 0.25) is 0 Å². The second-order valence-electron chi connectivity index (χ2n) is 6.86. The number of hydrazone groups is 1. The lowest BCUT2D eigenvalue weighted by atomic mass is 9.92. The molecule has 0 aromatic heterocycles. The van der Waals surface area contributed by atoms with Gasteiger partial charge in [-0.3, -0.25) is 0 Å². The summed E-state index contributed by atoms with van der Waals surface area (Å²) in [6.07, 6.45) is 1.46. The van der Waals surface area contributed by atoms with Crippen LogP contribution in [-0.2, 0) is 5.54 Å². The van der Waals surface area contributed by atoms with E-state index in [-0.39, 0.29) is 5.75 Å². The minimum atomic E-state index is -0.601. The number of carbonyl (C=O) groups is 1. The van der Waals surface area contributed by atoms with Crippen LogP contribution >= 0.6 is 15.9 Å². The highest BCUT2D eigenvalue weighted by Gasteiger charge is 2.23. The molecular formula is C21H24BrN3O3. The van der Waals surface area contributed by atoms with Gasteiger partial charge in [0.15, 0.2) is 11.5 Å². The average Bonchev–Trinajstić information content (AvgIpc) is 2.64. The van der Waals surface area contributed by atoms with E-state index in [0.717, 1.165) is 16.7 Å². The van der Waals surface area contributed by atoms with Gasteiger partial charge in [0.05, 0.1) is 23.3 Å². The van der Waals surface area contributed by atoms with Crippen molar-refractivity contribution in [1.82, 2.24) is 10.7 Å². The highest BCUT2D eigenvalue weighted by Crippen LogP contribution is 2.34. The van der Waals surface area contributed by atoms with Crippen LogP contribution < -0.4 is 15.5 Å². The Bertz CT molecular complexity index is 923. The summed E-state index contributed by atoms with van der Waals surface area (Å²) in [7, 11) is 1.46. The zero-order chi connectivity index (χ0) is 20.9. The van der Waals surface area contributed by atoms with Crippen molar-refractivity contribution in [3.05, 3.63) is 64.1 Å². The molecule has 2 rings (SSSR count). The van der Waals surface area contributed by atoms with Crippen LogP contribution in [0.25, 0.3) is 5.57 Å². The molecule has 0 radical (unpaired) electrons. The van der Waals surface area contributed by atoms with Crippen LogP contribution in [0.5, 0.6) is 11.5 Å². The number of aromatic hydroxyl groups is 1. The van der Waals surface area contributed by atoms with Gasteiger partial charge in [-0.05, 0) is 71.6 Å². The smallest absolute Gasteiger partial charge is 0.335 e. The number of phenolic OH excluding ortho intramolecular Hbond substituents is 1. The summed E-state index contributed by atoms with van der Waals surface area (Å²) in [6, 6.07) is 10.7. The molecule has 0 saturated heterocycles. The Morgan fingerprint density at radius 1 is 1.32 bits per heavy atom. The maximum Gasteiger partial charge on any atom is 0.335 e. The normalized spacial score (nSPS) is 11.3. The van der Waals surface area contributed by atoms with Gasteiger partial charge < -0.3 is 15.2 Å². The van der Waals surface area contributed by atoms with Gasteiger partial charge in [0.1, 0.15) is 0 Å². The summed E-state index contributed by atoms with van der Waals surface area (Å²) in [5.74, 6) is 0.308. The number of allylic oxidation sites excluding steroid dienone is 1. The fraction of sp³-hybridized carbons (Fsp3) is 0.238. The Labute approximate surface area is 173 Å². The van der Waals surface area contributed by atoms with Crippen molar-refractivity contribution >= 4 is 33.7 Å². The number of rotatable bonds is 6. The van der Waals surface area contributed by atoms with Gasteiger partial charge >= 0.3 is 6.03 Å². The van der Waals surface area contributed by atoms with E-state index in [1.807, 2.05) is 45.0 Å². The lowest BCUT2D eigenvalue weighted by molar-refractivity contribution is 0.230. The van der Waals surface area contributed by atoms with Crippen LogP contribution in [-0.4, -0.2) is 24.5 Å². The number of methoxy groups -OCH3 is 1. The van der Waals surface area contributed by atoms with Gasteiger partial charge in [-0.15, -0.1) is 0 Å². The number of urea groups is 1. The standard InChI is InChI=1S/C21H24BrN3O3/c1-13(2)15-7-6-8-16(11-15)21(3,4)24-20(27)25-23-12-14-9-17(22)19(26)18(10-14)28-5/h6-12,26H,1H2,2-5H3,(H2,24,25,27). The number of benzene rings is 2. The summed E-state index contributed by atoms with van der Waals surface area (Å²) >= 11 is 3.24. The predicted molar refractivity (Wildman–Crippen MR) is 116 cm³/mol. The molecule has 2 aromatic carbocycles. The third-order valence-electron chi connectivity index (χ3n) is 4.15. The summed E-state index contributed by atoms with van der Waals surface area (Å²) in [6.45, 7) is 9.72. The number of nitrogens with zero attached hydrogens (tertiary/aromatic N) is 1. The van der Waals surface area contributed by atoms with E-state index in [4.69, 9.17) is 4.74 Å². The molecule has 0 aliphatic heterocycles. The Kier molecular flexibility index (Phi) is 6.85. The number of hydrogen-bond donors (Lipinski definition) is 3. The lowest BCUT2D eigenvalue weighted by Gasteiger charge is -2.27. The van der Waals surface area contributed by atoms with Crippen LogP contribution in [0.1, 0.15) is 37.5 Å². The zero-order valence-electron chi connectivity index (χ0n) is 16.3. The number of amides is 2. The van der Waals surface area contributed by atoms with Gasteiger partial charge in [-0.1, -0.05) is 30.4 Å². The Balaban J connectivity index is 2.05. The summed E-state index contributed by atoms with van der Waals surface area (Å²) in [4.78, 5) is 12.3. The molecule has 0 unspecified atom stereocenters. The van der Waals surface area contributed by atoms with Gasteiger partial charge in [-0.2, -0.15) is 5.10 Å². The number of phenols is 1. The molecule has 0 atom stereocenters. The van der Waals surface area contributed by atoms with E-state index in [2.05, 4.69) is 38.4 Å². The van der Waals surface area contributed by atoms with E-state index in [1.54, 1.807) is 12.1 Å². The maximum atomic E-state index is 12.3. The number of nitrogens with one attached hydrogen (secondary N) is 2. The van der Waals surface area contributed by atoms with E-state index >= 15 is 0 Å². The van der Waals surface area contributed by atoms with Crippen LogP contribution in [0.3, 0.4) is 0 Å². The number of ether oxygens (including phenoxy) is 1. The zero-order valence-corrected chi connectivity index (χ0v) is 17.9. The first kappa shape index (κ1) is 21.5. The summed E-state index contributed by atoms with van der Waals surface area (Å²) in [5.41, 5.74) is 5.44. The Hall–Kier alpha value is -2.80. The van der Waals surface area contributed by atoms with E-state index in [0.29, 0.717) is 15.8 Å². The van der Waals surface area contributed by atoms with Crippen molar-refractivity contribution in [2.24, 2.45) is 5.10 Å². The molecular weight excluding hydrogens is 422 g/mol. The van der Waals surface area contributed by atoms with Crippen LogP contribution in [0.4, 0.5) is 4.79 Å². The molecule has 148 valence electrons. The molecule has 2 amide bonds. The average molecular weight is 446 g/mol. The van der Waals surface area contributed by atoms with Gasteiger partial charge in [-0.25, -0.2) is 10.2 Å². The van der Waals surface area contributed by atoms with Gasteiger partial charge in [0.25, 0.3) is 0 Å². The largest absolute Gasteiger partial charge is 0.503 e. The lowest BCUT2D eigenvalue weighted by Crippen LogP contribution is -2.45. The second-order valence-corrected chi connectivity index (χ2v) is 7.72. The predicted octanol–water partition coefficient (Wildman–Crippen LogP) is 4.76. The van der Waals surface area contributed by atoms with E-state index in [1.165, 1.54) is 13.3 Å². The minimum absolute atomic E-state index is 0.00379. The SMILES string of the molecule is C=C(C)c1cccc(C(C)(C)NC(=O)NN=Cc2cc(Br)c(O)c(OC)c2)c1. The molecule has 0 bridgehead atoms. The molecule has 7 heteroatoms. The van der Waals surface area contributed by atoms with E-state index in [9.17, 15) is 9.90 Å². The van der Waals surface area contributed by atoms with Crippen molar-refractivity contribution in [1.29, 1.82) is 0 Å². The highest BCUT2D eigenvalue weighted by molar-refractivity contribution is 9.10. The Morgan fingerprint density at radius 2 is 2.04 bits per heavy atom. The molecule has 0 aliphatic carbocycles. The number of carbonyl (C=O) groups excluding carboxylic acids is 1. The molecule has 0 fully saturated rings. The molecule has 0 spiro atoms. The first-order valence-corrected chi connectivity index (χ1v) is 9.37. The molecule has 0 aliphatic rings. The fourth-order valence-electron chi connectivity index (χ4n) is 2.55. The first-order chi connectivity index (χ1) is 13.1. The molecule has 0 heterocycles. The van der Waals surface area contributed by atoms with Crippen molar-refractivity contribution in [3.8, 4) is 11.5 Å². The number of hydrogen-bond acceptors (Lipinski definition) is 4. The molecule has 2 aromatic rings. The van der Waals surface area contributed by atoms with Crippen molar-refractivity contribution in [3.63, 3.8) is 0 Å². The first-order valence-electron chi connectivity index (χ1n) is 8.58. The second kappa shape index (κ2) is 8.93. The van der Waals surface area contributed by atoms with Gasteiger partial charge in [0, 0.05) is 0 Å². The molecule has 6 nitrogen and oxygen atoms in total. The number of halogens is 1. The third kappa shape index (κ3) is 5.36. The molecule has 28 heavy (non-hydrogen) atoms.